The molecule has 0 amide bonds. The van der Waals surface area contributed by atoms with Crippen molar-refractivity contribution < 1.29 is 23.5 Å². The quantitative estimate of drug-likeness (QED) is 0.0348. The largest absolute Gasteiger partial charge is 0.452 e. The van der Waals surface area contributed by atoms with Crippen molar-refractivity contribution in [3.05, 3.63) is 146 Å². The number of aliphatic hydroxyl groups is 1. The molecule has 0 unspecified atom stereocenters. The topological polar surface area (TPSA) is 65.0 Å². The molecule has 1 N–H and O–H groups in total. The highest BCUT2D eigenvalue weighted by Gasteiger charge is 2.53. The van der Waals surface area contributed by atoms with Gasteiger partial charge in [0.1, 0.15) is 12.2 Å². The first-order valence-corrected chi connectivity index (χ1v) is 27.4. The Labute approximate surface area is 377 Å². The molecule has 7 heteroatoms. The molecule has 0 radical (unpaired) electrons. The molecule has 0 bridgehead atoms. The third kappa shape index (κ3) is 12.2. The van der Waals surface area contributed by atoms with E-state index in [-0.39, 0.29) is 22.1 Å². The minimum atomic E-state index is -2.96. The van der Waals surface area contributed by atoms with Gasteiger partial charge in [0.2, 0.25) is 0 Å². The standard InChI is InChI=1S/C55H76O5Si2/c1-9-10-11-12-13-14-15-16-29-40-50(59-61(54(3,4)5,45-31-21-17-22-32-45)46-33-23-18-24-34-46)44(2)49(56)39-30-41-51-52(42-43-53(57)58-51)60-62(55(6,7)8,47-35-25-19-26-36-47)48-37-27-20-28-38-48/h17-28,30-38,41-44,49-52,56H,9-16,29,39-40H2,1-8H3/b41-30+/t44-,49+,50+,51+,52+/m1/s1. The lowest BCUT2D eigenvalue weighted by Crippen LogP contribution is -2.68. The van der Waals surface area contributed by atoms with Gasteiger partial charge in [-0.15, -0.1) is 0 Å². The zero-order valence-corrected chi connectivity index (χ0v) is 41.1. The fraction of sp³-hybridized carbons (Fsp3) is 0.473. The number of carbonyl (C=O) groups is 1. The molecule has 1 heterocycles. The molecule has 0 saturated carbocycles. The number of unbranched alkanes of at least 4 members (excludes halogenated alkanes) is 8. The molecular weight excluding hydrogens is 797 g/mol. The SMILES string of the molecule is CCCCCCCCCCC[C@H](O[Si](c1ccccc1)(c1ccccc1)C(C)(C)C)[C@H](C)[C@@H](O)C/C=C/[C@@H]1OC(=O)C=C[C@@H]1O[Si](c1ccccc1)(c1ccccc1)C(C)(C)C. The van der Waals surface area contributed by atoms with Crippen LogP contribution in [0.4, 0.5) is 0 Å². The average Bonchev–Trinajstić information content (AvgIpc) is 3.26. The van der Waals surface area contributed by atoms with Crippen LogP contribution in [0.5, 0.6) is 0 Å². The number of esters is 1. The highest BCUT2D eigenvalue weighted by molar-refractivity contribution is 7.00. The smallest absolute Gasteiger partial charge is 0.331 e. The van der Waals surface area contributed by atoms with Gasteiger partial charge < -0.3 is 18.7 Å². The summed E-state index contributed by atoms with van der Waals surface area (Å²) in [5.74, 6) is -0.552. The summed E-state index contributed by atoms with van der Waals surface area (Å²) in [6.45, 7) is 18.2. The summed E-state index contributed by atoms with van der Waals surface area (Å²) in [6, 6.07) is 42.7. The molecule has 62 heavy (non-hydrogen) atoms. The molecule has 0 fully saturated rings. The summed E-state index contributed by atoms with van der Waals surface area (Å²) >= 11 is 0. The van der Waals surface area contributed by atoms with Gasteiger partial charge in [0.25, 0.3) is 16.6 Å². The summed E-state index contributed by atoms with van der Waals surface area (Å²) in [7, 11) is -5.85. The Morgan fingerprint density at radius 3 is 1.50 bits per heavy atom. The molecule has 4 aromatic rings. The van der Waals surface area contributed by atoms with E-state index in [9.17, 15) is 9.90 Å². The van der Waals surface area contributed by atoms with Crippen molar-refractivity contribution in [2.75, 3.05) is 0 Å². The molecule has 0 aliphatic carbocycles. The van der Waals surface area contributed by atoms with Gasteiger partial charge in [-0.05, 0) is 55.8 Å². The summed E-state index contributed by atoms with van der Waals surface area (Å²) in [5, 5.41) is 16.5. The minimum Gasteiger partial charge on any atom is -0.452 e. The van der Waals surface area contributed by atoms with Crippen molar-refractivity contribution in [1.29, 1.82) is 0 Å². The van der Waals surface area contributed by atoms with Crippen LogP contribution in [0.2, 0.25) is 10.1 Å². The van der Waals surface area contributed by atoms with Gasteiger partial charge in [0, 0.05) is 12.0 Å². The Morgan fingerprint density at radius 1 is 0.645 bits per heavy atom. The van der Waals surface area contributed by atoms with Gasteiger partial charge in [-0.25, -0.2) is 4.79 Å². The second kappa shape index (κ2) is 23.2. The lowest BCUT2D eigenvalue weighted by atomic mass is 9.91. The molecular formula is C55H76O5Si2. The van der Waals surface area contributed by atoms with Crippen LogP contribution in [0, 0.1) is 5.92 Å². The first kappa shape index (κ1) is 49.2. The first-order chi connectivity index (χ1) is 29.7. The Hall–Kier alpha value is -3.86. The normalized spacial score (nSPS) is 17.8. The van der Waals surface area contributed by atoms with Crippen molar-refractivity contribution >= 4 is 43.4 Å². The molecule has 1 aliphatic rings. The van der Waals surface area contributed by atoms with Gasteiger partial charge >= 0.3 is 5.97 Å². The van der Waals surface area contributed by atoms with Gasteiger partial charge in [0.05, 0.1) is 12.2 Å². The molecule has 1 aliphatic heterocycles. The molecule has 0 aromatic heterocycles. The van der Waals surface area contributed by atoms with E-state index < -0.39 is 40.9 Å². The van der Waals surface area contributed by atoms with Gasteiger partial charge in [0.15, 0.2) is 0 Å². The van der Waals surface area contributed by atoms with Crippen molar-refractivity contribution in [3.63, 3.8) is 0 Å². The van der Waals surface area contributed by atoms with Gasteiger partial charge in [-0.2, -0.15) is 0 Å². The number of rotatable bonds is 23. The molecule has 0 spiro atoms. The second-order valence-electron chi connectivity index (χ2n) is 19.5. The van der Waals surface area contributed by atoms with E-state index in [1.54, 1.807) is 0 Å². The molecule has 4 aromatic carbocycles. The maximum atomic E-state index is 12.8. The van der Waals surface area contributed by atoms with Gasteiger partial charge in [-0.3, -0.25) is 0 Å². The third-order valence-electron chi connectivity index (χ3n) is 13.0. The fourth-order valence-corrected chi connectivity index (χ4v) is 18.9. The van der Waals surface area contributed by atoms with Crippen LogP contribution in [0.15, 0.2) is 146 Å². The maximum absolute atomic E-state index is 12.8. The summed E-state index contributed by atoms with van der Waals surface area (Å²) in [5.41, 5.74) is 0. The third-order valence-corrected chi connectivity index (χ3v) is 23.1. The molecule has 5 atom stereocenters. The number of hydrogen-bond acceptors (Lipinski definition) is 5. The molecule has 334 valence electrons. The summed E-state index contributed by atoms with van der Waals surface area (Å²) < 4.78 is 21.2. The Morgan fingerprint density at radius 2 is 1.06 bits per heavy atom. The van der Waals surface area contributed by atoms with Crippen LogP contribution in [0.3, 0.4) is 0 Å². The number of cyclic esters (lactones) is 1. The maximum Gasteiger partial charge on any atom is 0.331 e. The minimum absolute atomic E-state index is 0.159. The molecule has 0 saturated heterocycles. The monoisotopic (exact) mass is 873 g/mol. The zero-order chi connectivity index (χ0) is 44.6. The highest BCUT2D eigenvalue weighted by atomic mass is 28.4. The number of carbonyl (C=O) groups excluding carboxylic acids is 1. The van der Waals surface area contributed by atoms with Gasteiger partial charge in [-0.1, -0.05) is 241 Å². The second-order valence-corrected chi connectivity index (χ2v) is 28.0. The van der Waals surface area contributed by atoms with Crippen molar-refractivity contribution in [2.45, 2.75) is 161 Å². The van der Waals surface area contributed by atoms with E-state index in [2.05, 4.69) is 165 Å². The zero-order valence-electron chi connectivity index (χ0n) is 39.1. The Bertz CT molecular complexity index is 1870. The van der Waals surface area contributed by atoms with Crippen molar-refractivity contribution in [1.82, 2.24) is 0 Å². The number of hydrogen-bond donors (Lipinski definition) is 1. The average molecular weight is 873 g/mol. The predicted octanol–water partition coefficient (Wildman–Crippen LogP) is 11.2. The van der Waals surface area contributed by atoms with Crippen LogP contribution >= 0.6 is 0 Å². The van der Waals surface area contributed by atoms with E-state index in [1.807, 2.05) is 30.4 Å². The fourth-order valence-electron chi connectivity index (χ4n) is 9.49. The van der Waals surface area contributed by atoms with E-state index in [1.165, 1.54) is 61.4 Å². The lowest BCUT2D eigenvalue weighted by molar-refractivity contribution is -0.145. The Balaban J connectivity index is 1.41. The number of benzene rings is 4. The lowest BCUT2D eigenvalue weighted by Gasteiger charge is -2.46. The summed E-state index contributed by atoms with van der Waals surface area (Å²) in [4.78, 5) is 12.8. The van der Waals surface area contributed by atoms with Crippen LogP contribution in [0.25, 0.3) is 0 Å². The van der Waals surface area contributed by atoms with E-state index >= 15 is 0 Å². The van der Waals surface area contributed by atoms with E-state index in [0.29, 0.717) is 6.42 Å². The van der Waals surface area contributed by atoms with Crippen LogP contribution < -0.4 is 20.7 Å². The van der Waals surface area contributed by atoms with Crippen molar-refractivity contribution in [2.24, 2.45) is 5.92 Å². The van der Waals surface area contributed by atoms with Crippen LogP contribution in [-0.2, 0) is 18.4 Å². The predicted molar refractivity (Wildman–Crippen MR) is 265 cm³/mol. The summed E-state index contributed by atoms with van der Waals surface area (Å²) in [6.07, 6.45) is 17.8. The first-order valence-electron chi connectivity index (χ1n) is 23.6. The van der Waals surface area contributed by atoms with Crippen molar-refractivity contribution in [3.8, 4) is 0 Å². The van der Waals surface area contributed by atoms with Crippen LogP contribution in [-0.4, -0.2) is 52.1 Å². The number of ether oxygens (including phenoxy) is 1. The van der Waals surface area contributed by atoms with Crippen LogP contribution in [0.1, 0.15) is 126 Å². The Kier molecular flexibility index (Phi) is 18.4. The highest BCUT2D eigenvalue weighted by Crippen LogP contribution is 2.41. The molecule has 5 nitrogen and oxygen atoms in total. The van der Waals surface area contributed by atoms with E-state index in [4.69, 9.17) is 13.6 Å². The number of aliphatic hydroxyl groups excluding tert-OH is 1. The van der Waals surface area contributed by atoms with E-state index in [0.717, 1.165) is 29.6 Å². The molecule has 5 rings (SSSR count).